The maximum absolute atomic E-state index is 10.8. The van der Waals surface area contributed by atoms with Crippen LogP contribution in [0.5, 0.6) is 0 Å². The third-order valence-electron chi connectivity index (χ3n) is 1.91. The highest BCUT2D eigenvalue weighted by atomic mass is 35.5. The van der Waals surface area contributed by atoms with Crippen LogP contribution in [0.2, 0.25) is 5.02 Å². The minimum atomic E-state index is -0.427. The van der Waals surface area contributed by atoms with Crippen LogP contribution in [0, 0.1) is 6.92 Å². The number of hydrogen-bond acceptors (Lipinski definition) is 2. The van der Waals surface area contributed by atoms with Crippen LogP contribution in [0.15, 0.2) is 33.7 Å². The van der Waals surface area contributed by atoms with Gasteiger partial charge in [0.1, 0.15) is 0 Å². The van der Waals surface area contributed by atoms with Gasteiger partial charge in [0.15, 0.2) is 0 Å². The van der Waals surface area contributed by atoms with E-state index in [9.17, 15) is 4.79 Å². The molecule has 4 nitrogen and oxygen atoms in total. The molecule has 0 aliphatic heterocycles. The summed E-state index contributed by atoms with van der Waals surface area (Å²) in [5, 5.41) is 3.07. The van der Waals surface area contributed by atoms with E-state index in [2.05, 4.69) is 9.79 Å². The Morgan fingerprint density at radius 3 is 2.93 bits per heavy atom. The summed E-state index contributed by atoms with van der Waals surface area (Å²) in [5.41, 5.74) is 1.36. The average Bonchev–Trinajstić information content (AvgIpc) is 2.56. The van der Waals surface area contributed by atoms with Crippen molar-refractivity contribution in [1.29, 1.82) is 0 Å². The highest BCUT2D eigenvalue weighted by molar-refractivity contribution is 6.30. The Balaban J connectivity index is 2.61. The van der Waals surface area contributed by atoms with Gasteiger partial charge in [-0.15, -0.1) is 0 Å². The fraction of sp³-hybridized carbons (Fsp3) is 0.111. The van der Waals surface area contributed by atoms with E-state index in [1.165, 1.54) is 10.9 Å². The van der Waals surface area contributed by atoms with Crippen molar-refractivity contribution in [2.45, 2.75) is 6.92 Å². The fourth-order valence-corrected chi connectivity index (χ4v) is 1.38. The van der Waals surface area contributed by atoms with Gasteiger partial charge in [0.05, 0.1) is 0 Å². The smallest absolute Gasteiger partial charge is 0.283 e. The standard InChI is InChI=1S/C9H7ClN2O2/c1-6-2-3-7(10)4-8(6)12-5-9(13)14-11-12/h2-5H,1H3/p+1. The molecule has 1 aromatic carbocycles. The third-order valence-corrected chi connectivity index (χ3v) is 2.14. The Hall–Kier alpha value is -1.55. The molecule has 0 atom stereocenters. The summed E-state index contributed by atoms with van der Waals surface area (Å²) in [4.78, 5) is 10.8. The van der Waals surface area contributed by atoms with E-state index in [-0.39, 0.29) is 0 Å². The lowest BCUT2D eigenvalue weighted by atomic mass is 10.2. The summed E-state index contributed by atoms with van der Waals surface area (Å²) in [6, 6.07) is 5.41. The van der Waals surface area contributed by atoms with Gasteiger partial charge in [0, 0.05) is 16.7 Å². The number of aromatic amines is 1. The van der Waals surface area contributed by atoms with E-state index < -0.39 is 5.63 Å². The average molecular weight is 212 g/mol. The van der Waals surface area contributed by atoms with Crippen LogP contribution in [0.25, 0.3) is 5.69 Å². The van der Waals surface area contributed by atoms with E-state index >= 15 is 0 Å². The van der Waals surface area contributed by atoms with Gasteiger partial charge in [-0.3, -0.25) is 4.52 Å². The molecule has 2 aromatic rings. The normalized spacial score (nSPS) is 10.4. The molecule has 0 spiro atoms. The van der Waals surface area contributed by atoms with E-state index in [0.717, 1.165) is 11.3 Å². The Bertz CT molecular complexity index is 516. The first-order valence-corrected chi connectivity index (χ1v) is 4.41. The predicted molar refractivity (Wildman–Crippen MR) is 50.6 cm³/mol. The van der Waals surface area contributed by atoms with Crippen molar-refractivity contribution in [1.82, 2.24) is 5.27 Å². The molecule has 0 unspecified atom stereocenters. The molecule has 72 valence electrons. The highest BCUT2D eigenvalue weighted by Crippen LogP contribution is 2.14. The lowest BCUT2D eigenvalue weighted by molar-refractivity contribution is -0.670. The number of rotatable bonds is 1. The monoisotopic (exact) mass is 211 g/mol. The molecule has 0 fully saturated rings. The summed E-state index contributed by atoms with van der Waals surface area (Å²) < 4.78 is 6.04. The van der Waals surface area contributed by atoms with E-state index in [0.29, 0.717) is 5.02 Å². The molecule has 1 N–H and O–H groups in total. The van der Waals surface area contributed by atoms with Gasteiger partial charge in [-0.05, 0) is 22.9 Å². The maximum Gasteiger partial charge on any atom is 0.427 e. The summed E-state index contributed by atoms with van der Waals surface area (Å²) in [5.74, 6) is 0. The van der Waals surface area contributed by atoms with Gasteiger partial charge < -0.3 is 0 Å². The number of H-pyrrole nitrogens is 1. The zero-order valence-electron chi connectivity index (χ0n) is 7.45. The molecule has 1 aromatic heterocycles. The molecule has 0 saturated carbocycles. The van der Waals surface area contributed by atoms with Crippen molar-refractivity contribution in [2.24, 2.45) is 0 Å². The van der Waals surface area contributed by atoms with E-state index in [1.807, 2.05) is 13.0 Å². The molecule has 14 heavy (non-hydrogen) atoms. The molecule has 1 heterocycles. The lowest BCUT2D eigenvalue weighted by Gasteiger charge is -1.95. The van der Waals surface area contributed by atoms with Crippen molar-refractivity contribution < 1.29 is 9.20 Å². The predicted octanol–water partition coefficient (Wildman–Crippen LogP) is 1.21. The first-order chi connectivity index (χ1) is 6.66. The number of nitrogens with one attached hydrogen (secondary N) is 1. The van der Waals surface area contributed by atoms with Crippen LogP contribution in [-0.2, 0) is 0 Å². The molecule has 0 saturated heterocycles. The largest absolute Gasteiger partial charge is 0.427 e. The van der Waals surface area contributed by atoms with Gasteiger partial charge in [-0.25, -0.2) is 4.79 Å². The molecule has 0 aliphatic rings. The second kappa shape index (κ2) is 3.31. The zero-order chi connectivity index (χ0) is 10.1. The minimum absolute atomic E-state index is 0.427. The maximum atomic E-state index is 10.8. The Kier molecular flexibility index (Phi) is 2.13. The quantitative estimate of drug-likeness (QED) is 0.721. The first-order valence-electron chi connectivity index (χ1n) is 4.03. The number of aryl methyl sites for hydroxylation is 1. The number of hydrogen-bond donors (Lipinski definition) is 1. The van der Waals surface area contributed by atoms with E-state index in [1.54, 1.807) is 12.1 Å². The molecule has 0 aliphatic carbocycles. The molecule has 0 radical (unpaired) electrons. The number of aromatic nitrogens is 2. The second-order valence-corrected chi connectivity index (χ2v) is 3.38. The summed E-state index contributed by atoms with van der Waals surface area (Å²) >= 11 is 5.84. The Labute approximate surface area is 84.7 Å². The van der Waals surface area contributed by atoms with Crippen molar-refractivity contribution in [3.8, 4) is 5.69 Å². The Morgan fingerprint density at radius 1 is 1.50 bits per heavy atom. The van der Waals surface area contributed by atoms with Crippen molar-refractivity contribution in [3.63, 3.8) is 0 Å². The van der Waals surface area contributed by atoms with Gasteiger partial charge in [-0.2, -0.15) is 0 Å². The third kappa shape index (κ3) is 1.56. The number of halogens is 1. The zero-order valence-corrected chi connectivity index (χ0v) is 8.21. The van der Waals surface area contributed by atoms with Crippen molar-refractivity contribution >= 4 is 11.6 Å². The topological polar surface area (TPSA) is 49.9 Å². The second-order valence-electron chi connectivity index (χ2n) is 2.94. The molecule has 0 amide bonds. The van der Waals surface area contributed by atoms with Gasteiger partial charge in [0.2, 0.25) is 5.69 Å². The van der Waals surface area contributed by atoms with E-state index in [4.69, 9.17) is 11.6 Å². The van der Waals surface area contributed by atoms with Gasteiger partial charge >= 0.3 is 5.63 Å². The van der Waals surface area contributed by atoms with Crippen LogP contribution in [0.4, 0.5) is 0 Å². The Morgan fingerprint density at radius 2 is 2.29 bits per heavy atom. The molecular weight excluding hydrogens is 204 g/mol. The summed E-state index contributed by atoms with van der Waals surface area (Å²) in [7, 11) is 0. The highest BCUT2D eigenvalue weighted by Gasteiger charge is 2.13. The SMILES string of the molecule is Cc1ccc(Cl)cc1-[n+]1cc(=O)o[nH]1. The van der Waals surface area contributed by atoms with Crippen LogP contribution < -0.4 is 10.3 Å². The van der Waals surface area contributed by atoms with Gasteiger partial charge in [0.25, 0.3) is 6.20 Å². The lowest BCUT2D eigenvalue weighted by Crippen LogP contribution is -2.33. The minimum Gasteiger partial charge on any atom is -0.283 e. The van der Waals surface area contributed by atoms with Crippen LogP contribution in [-0.4, -0.2) is 5.27 Å². The van der Waals surface area contributed by atoms with Crippen molar-refractivity contribution in [3.05, 3.63) is 45.4 Å². The molecule has 0 bridgehead atoms. The van der Waals surface area contributed by atoms with Crippen LogP contribution in [0.1, 0.15) is 5.56 Å². The van der Waals surface area contributed by atoms with Crippen LogP contribution in [0.3, 0.4) is 0 Å². The van der Waals surface area contributed by atoms with Crippen LogP contribution >= 0.6 is 11.6 Å². The molecule has 5 heteroatoms. The first kappa shape index (κ1) is 9.02. The van der Waals surface area contributed by atoms with Gasteiger partial charge in [-0.1, -0.05) is 17.7 Å². The molecular formula is C9H8ClN2O2+. The number of benzene rings is 1. The van der Waals surface area contributed by atoms with Crippen molar-refractivity contribution in [2.75, 3.05) is 0 Å². The fourth-order valence-electron chi connectivity index (χ4n) is 1.21. The number of nitrogens with zero attached hydrogens (tertiary/aromatic N) is 1. The molecule has 2 rings (SSSR count). The summed E-state index contributed by atoms with van der Waals surface area (Å²) in [6.07, 6.45) is 1.32. The summed E-state index contributed by atoms with van der Waals surface area (Å²) in [6.45, 7) is 1.92.